The topological polar surface area (TPSA) is 87.4 Å². The molecule has 0 aromatic carbocycles. The number of aromatic nitrogens is 3. The highest BCUT2D eigenvalue weighted by atomic mass is 16.5. The Morgan fingerprint density at radius 1 is 1.31 bits per heavy atom. The summed E-state index contributed by atoms with van der Waals surface area (Å²) in [6.45, 7) is 5.29. The first-order valence-corrected chi connectivity index (χ1v) is 9.09. The summed E-state index contributed by atoms with van der Waals surface area (Å²) in [6.07, 6.45) is 7.15. The van der Waals surface area contributed by atoms with Crippen LogP contribution in [0.25, 0.3) is 11.4 Å². The van der Waals surface area contributed by atoms with Crippen LogP contribution in [0.5, 0.6) is 0 Å². The zero-order valence-corrected chi connectivity index (χ0v) is 15.4. The number of rotatable bonds is 6. The molecule has 0 radical (unpaired) electrons. The largest absolute Gasteiger partial charge is 0.337 e. The molecule has 8 nitrogen and oxygen atoms in total. The first-order chi connectivity index (χ1) is 12.6. The maximum absolute atomic E-state index is 12.3. The summed E-state index contributed by atoms with van der Waals surface area (Å²) in [5, 5.41) is 6.94. The van der Waals surface area contributed by atoms with Gasteiger partial charge in [-0.3, -0.25) is 9.88 Å². The van der Waals surface area contributed by atoms with Gasteiger partial charge in [0.05, 0.1) is 0 Å². The van der Waals surface area contributed by atoms with Gasteiger partial charge in [-0.05, 0) is 45.0 Å². The Morgan fingerprint density at radius 2 is 2.04 bits per heavy atom. The Bertz CT molecular complexity index is 699. The predicted octanol–water partition coefficient (Wildman–Crippen LogP) is 2.15. The Hall–Kier alpha value is -2.48. The van der Waals surface area contributed by atoms with Crippen molar-refractivity contribution in [1.29, 1.82) is 0 Å². The monoisotopic (exact) mass is 358 g/mol. The van der Waals surface area contributed by atoms with Crippen LogP contribution in [0.1, 0.15) is 32.1 Å². The van der Waals surface area contributed by atoms with E-state index < -0.39 is 0 Å². The number of pyridine rings is 1. The second kappa shape index (κ2) is 8.75. The average molecular weight is 358 g/mol. The molecule has 1 saturated heterocycles. The average Bonchev–Trinajstić information content (AvgIpc) is 3.15. The van der Waals surface area contributed by atoms with Gasteiger partial charge in [0, 0.05) is 37.6 Å². The maximum Gasteiger partial charge on any atom is 0.317 e. The fraction of sp³-hybridized carbons (Fsp3) is 0.556. The molecule has 1 aliphatic heterocycles. The van der Waals surface area contributed by atoms with Gasteiger partial charge in [0.25, 0.3) is 0 Å². The zero-order chi connectivity index (χ0) is 18.4. The van der Waals surface area contributed by atoms with Gasteiger partial charge in [-0.15, -0.1) is 0 Å². The van der Waals surface area contributed by atoms with Crippen LogP contribution < -0.4 is 5.32 Å². The summed E-state index contributed by atoms with van der Waals surface area (Å²) in [7, 11) is 1.72. The van der Waals surface area contributed by atoms with E-state index in [1.54, 1.807) is 24.3 Å². The third kappa shape index (κ3) is 4.78. The van der Waals surface area contributed by atoms with Crippen molar-refractivity contribution < 1.29 is 9.32 Å². The van der Waals surface area contributed by atoms with Gasteiger partial charge < -0.3 is 14.7 Å². The van der Waals surface area contributed by atoms with Crippen molar-refractivity contribution in [3.8, 4) is 11.4 Å². The summed E-state index contributed by atoms with van der Waals surface area (Å²) >= 11 is 0. The minimum atomic E-state index is -0.141. The second-order valence-corrected chi connectivity index (χ2v) is 6.74. The lowest BCUT2D eigenvalue weighted by atomic mass is 10.1. The number of hydrogen-bond acceptors (Lipinski definition) is 6. The van der Waals surface area contributed by atoms with Crippen LogP contribution >= 0.6 is 0 Å². The Morgan fingerprint density at radius 3 is 2.77 bits per heavy atom. The molecule has 1 N–H and O–H groups in total. The smallest absolute Gasteiger partial charge is 0.317 e. The highest BCUT2D eigenvalue weighted by Gasteiger charge is 2.19. The Kier molecular flexibility index (Phi) is 6.17. The standard InChI is InChI=1S/C18H26N6O2/c1-14(24-10-4-3-5-11-24)12-20-18(25)23(2)13-16-21-17(22-26-16)15-6-8-19-9-7-15/h6-9,14H,3-5,10-13H2,1-2H3,(H,20,25). The number of nitrogens with one attached hydrogen (secondary N) is 1. The summed E-state index contributed by atoms with van der Waals surface area (Å²) in [5.74, 6) is 0.897. The molecular weight excluding hydrogens is 332 g/mol. The summed E-state index contributed by atoms with van der Waals surface area (Å²) in [4.78, 5) is 24.6. The Labute approximate surface area is 153 Å². The fourth-order valence-electron chi connectivity index (χ4n) is 3.07. The molecule has 8 heteroatoms. The number of urea groups is 1. The maximum atomic E-state index is 12.3. The first kappa shape index (κ1) is 18.3. The van der Waals surface area contributed by atoms with Crippen molar-refractivity contribution in [3.63, 3.8) is 0 Å². The molecule has 26 heavy (non-hydrogen) atoms. The van der Waals surface area contributed by atoms with Crippen LogP contribution in [0.15, 0.2) is 29.0 Å². The molecule has 1 fully saturated rings. The van der Waals surface area contributed by atoms with Crippen molar-refractivity contribution in [1.82, 2.24) is 30.2 Å². The normalized spacial score (nSPS) is 16.2. The minimum Gasteiger partial charge on any atom is -0.337 e. The summed E-state index contributed by atoms with van der Waals surface area (Å²) in [5.41, 5.74) is 0.831. The first-order valence-electron chi connectivity index (χ1n) is 9.09. The van der Waals surface area contributed by atoms with Crippen LogP contribution in [0.2, 0.25) is 0 Å². The van der Waals surface area contributed by atoms with E-state index in [1.807, 2.05) is 12.1 Å². The van der Waals surface area contributed by atoms with Gasteiger partial charge in [-0.25, -0.2) is 4.79 Å². The molecule has 2 aromatic heterocycles. The van der Waals surface area contributed by atoms with Crippen molar-refractivity contribution in [2.75, 3.05) is 26.7 Å². The van der Waals surface area contributed by atoms with Gasteiger partial charge in [0.15, 0.2) is 0 Å². The minimum absolute atomic E-state index is 0.141. The van der Waals surface area contributed by atoms with E-state index in [-0.39, 0.29) is 12.6 Å². The zero-order valence-electron chi connectivity index (χ0n) is 15.4. The number of piperidine rings is 1. The summed E-state index contributed by atoms with van der Waals surface area (Å²) < 4.78 is 5.25. The number of carbonyl (C=O) groups excluding carboxylic acids is 1. The predicted molar refractivity (Wildman–Crippen MR) is 97.3 cm³/mol. The molecule has 2 aromatic rings. The van der Waals surface area contributed by atoms with E-state index in [1.165, 1.54) is 19.3 Å². The highest BCUT2D eigenvalue weighted by molar-refractivity contribution is 5.73. The van der Waals surface area contributed by atoms with Gasteiger partial charge in [-0.1, -0.05) is 11.6 Å². The number of carbonyl (C=O) groups is 1. The summed E-state index contributed by atoms with van der Waals surface area (Å²) in [6, 6.07) is 3.83. The fourth-order valence-corrected chi connectivity index (χ4v) is 3.07. The van der Waals surface area contributed by atoms with E-state index in [9.17, 15) is 4.79 Å². The van der Waals surface area contributed by atoms with Gasteiger partial charge in [0.2, 0.25) is 11.7 Å². The third-order valence-electron chi connectivity index (χ3n) is 4.69. The molecule has 0 saturated carbocycles. The van der Waals surface area contributed by atoms with Crippen LogP contribution in [-0.2, 0) is 6.54 Å². The molecule has 1 unspecified atom stereocenters. The molecule has 0 bridgehead atoms. The molecule has 3 rings (SSSR count). The molecule has 0 aliphatic carbocycles. The molecule has 3 heterocycles. The van der Waals surface area contributed by atoms with E-state index in [4.69, 9.17) is 4.52 Å². The van der Waals surface area contributed by atoms with E-state index in [2.05, 4.69) is 32.3 Å². The van der Waals surface area contributed by atoms with Crippen LogP contribution in [0, 0.1) is 0 Å². The number of hydrogen-bond donors (Lipinski definition) is 1. The molecule has 1 aliphatic rings. The lowest BCUT2D eigenvalue weighted by molar-refractivity contribution is 0.163. The van der Waals surface area contributed by atoms with Crippen LogP contribution in [-0.4, -0.2) is 63.7 Å². The SMILES string of the molecule is CC(CNC(=O)N(C)Cc1nc(-c2ccncc2)no1)N1CCCCC1. The lowest BCUT2D eigenvalue weighted by Gasteiger charge is -2.32. The quantitative estimate of drug-likeness (QED) is 0.851. The molecule has 0 spiro atoms. The van der Waals surface area contributed by atoms with Gasteiger partial charge >= 0.3 is 6.03 Å². The van der Waals surface area contributed by atoms with Gasteiger partial charge in [0.1, 0.15) is 6.54 Å². The Balaban J connectivity index is 1.47. The number of nitrogens with zero attached hydrogens (tertiary/aromatic N) is 5. The van der Waals surface area contributed by atoms with Crippen molar-refractivity contribution in [2.24, 2.45) is 0 Å². The second-order valence-electron chi connectivity index (χ2n) is 6.74. The third-order valence-corrected chi connectivity index (χ3v) is 4.69. The van der Waals surface area contributed by atoms with Crippen LogP contribution in [0.3, 0.4) is 0 Å². The number of amides is 2. The van der Waals surface area contributed by atoms with Crippen molar-refractivity contribution in [3.05, 3.63) is 30.4 Å². The van der Waals surface area contributed by atoms with Crippen molar-refractivity contribution >= 4 is 6.03 Å². The van der Waals surface area contributed by atoms with Crippen LogP contribution in [0.4, 0.5) is 4.79 Å². The molecule has 2 amide bonds. The molecular formula is C18H26N6O2. The van der Waals surface area contributed by atoms with Crippen molar-refractivity contribution in [2.45, 2.75) is 38.8 Å². The van der Waals surface area contributed by atoms with E-state index >= 15 is 0 Å². The van der Waals surface area contributed by atoms with E-state index in [0.29, 0.717) is 24.3 Å². The molecule has 140 valence electrons. The highest BCUT2D eigenvalue weighted by Crippen LogP contribution is 2.15. The number of likely N-dealkylation sites (tertiary alicyclic amines) is 1. The van der Waals surface area contributed by atoms with E-state index in [0.717, 1.165) is 18.7 Å². The van der Waals surface area contributed by atoms with Gasteiger partial charge in [-0.2, -0.15) is 4.98 Å². The molecule has 1 atom stereocenters. The lowest BCUT2D eigenvalue weighted by Crippen LogP contribution is -2.47.